The van der Waals surface area contributed by atoms with Gasteiger partial charge < -0.3 is 19.9 Å². The molecule has 1 atom stereocenters. The molecule has 5 rings (SSSR count). The molecule has 2 aliphatic rings. The third-order valence-corrected chi connectivity index (χ3v) is 10.2. The molecule has 9 nitrogen and oxygen atoms in total. The van der Waals surface area contributed by atoms with E-state index in [-0.39, 0.29) is 5.91 Å². The first-order chi connectivity index (χ1) is 19.6. The number of nitrogens with zero attached hydrogens (tertiary/aromatic N) is 4. The highest BCUT2D eigenvalue weighted by molar-refractivity contribution is 7.89. The first-order valence-corrected chi connectivity index (χ1v) is 15.3. The van der Waals surface area contributed by atoms with Crippen LogP contribution in [0.15, 0.2) is 84.5 Å². The van der Waals surface area contributed by atoms with Crippen molar-refractivity contribution >= 4 is 27.3 Å². The summed E-state index contributed by atoms with van der Waals surface area (Å²) in [7, 11) is 0.317. The van der Waals surface area contributed by atoms with Crippen LogP contribution in [0.25, 0.3) is 0 Å². The number of hydrogen-bond acceptors (Lipinski definition) is 7. The summed E-state index contributed by atoms with van der Waals surface area (Å²) in [5.74, 6) is 0.361. The quantitative estimate of drug-likeness (QED) is 0.418. The Bertz CT molecular complexity index is 1520. The number of carbonyl (C=O) groups is 1. The van der Waals surface area contributed by atoms with Crippen molar-refractivity contribution < 1.29 is 17.9 Å². The number of pyridine rings is 1. The smallest absolute Gasteiger partial charge is 0.251 e. The number of allylic oxidation sites excluding steroid dienone is 2. The molecule has 2 aliphatic heterocycles. The molecule has 2 aromatic carbocycles. The Kier molecular flexibility index (Phi) is 8.21. The van der Waals surface area contributed by atoms with E-state index in [9.17, 15) is 13.2 Å². The third kappa shape index (κ3) is 6.02. The van der Waals surface area contributed by atoms with E-state index in [2.05, 4.69) is 38.3 Å². The summed E-state index contributed by atoms with van der Waals surface area (Å²) < 4.78 is 35.6. The highest BCUT2D eigenvalue weighted by atomic mass is 32.2. The molecule has 0 radical (unpaired) electrons. The molecule has 3 heterocycles. The monoisotopic (exact) mass is 575 g/mol. The first kappa shape index (κ1) is 28.5. The number of rotatable bonds is 8. The van der Waals surface area contributed by atoms with Crippen molar-refractivity contribution in [1.29, 1.82) is 0 Å². The van der Waals surface area contributed by atoms with E-state index in [1.54, 1.807) is 50.5 Å². The van der Waals surface area contributed by atoms with E-state index >= 15 is 0 Å². The maximum absolute atomic E-state index is 14.0. The van der Waals surface area contributed by atoms with Gasteiger partial charge in [0.2, 0.25) is 16.3 Å². The van der Waals surface area contributed by atoms with Gasteiger partial charge in [-0.1, -0.05) is 24.3 Å². The van der Waals surface area contributed by atoms with Crippen molar-refractivity contribution in [3.05, 3.63) is 101 Å². The predicted molar refractivity (Wildman–Crippen MR) is 161 cm³/mol. The number of aromatic nitrogens is 1. The molecule has 1 aromatic heterocycles. The van der Waals surface area contributed by atoms with Crippen molar-refractivity contribution in [1.82, 2.24) is 14.6 Å². The number of sulfonamides is 1. The standard InChI is InChI=1S/C31H37N5O4S/c1-22-23(2)40-31(26-12-10-25(11-13-26)30(37)33-21-24-7-6-16-32-20-24)36(22)41(38,39)29-14-17-35(18-15-29)28-9-5-8-27(19-28)34(3)4/h5-13,16,19-20,29,31H,14-15,17-18,21H2,1-4H3,(H,33,37). The lowest BCUT2D eigenvalue weighted by Gasteiger charge is -2.37. The summed E-state index contributed by atoms with van der Waals surface area (Å²) in [6.07, 6.45) is 3.65. The lowest BCUT2D eigenvalue weighted by Crippen LogP contribution is -2.45. The first-order valence-electron chi connectivity index (χ1n) is 13.8. The molecule has 41 heavy (non-hydrogen) atoms. The van der Waals surface area contributed by atoms with Crippen molar-refractivity contribution in [2.24, 2.45) is 0 Å². The Hall–Kier alpha value is -4.05. The van der Waals surface area contributed by atoms with Crippen LogP contribution in [0.3, 0.4) is 0 Å². The molecule has 1 unspecified atom stereocenters. The van der Waals surface area contributed by atoms with Crippen LogP contribution < -0.4 is 15.1 Å². The second kappa shape index (κ2) is 11.8. The van der Waals surface area contributed by atoms with E-state index in [4.69, 9.17) is 4.74 Å². The molecule has 1 N–H and O–H groups in total. The Labute approximate surface area is 242 Å². The number of benzene rings is 2. The number of hydrogen-bond donors (Lipinski definition) is 1. The fraction of sp³-hybridized carbons (Fsp3) is 0.355. The fourth-order valence-electron chi connectivity index (χ4n) is 5.29. The Balaban J connectivity index is 1.27. The molecular weight excluding hydrogens is 538 g/mol. The number of piperidine rings is 1. The molecule has 0 spiro atoms. The lowest BCUT2D eigenvalue weighted by molar-refractivity contribution is 0.0824. The zero-order valence-electron chi connectivity index (χ0n) is 23.9. The molecule has 1 amide bonds. The van der Waals surface area contributed by atoms with Gasteiger partial charge in [0.15, 0.2) is 0 Å². The molecule has 3 aromatic rings. The van der Waals surface area contributed by atoms with Gasteiger partial charge in [0.1, 0.15) is 5.76 Å². The molecule has 1 saturated heterocycles. The zero-order chi connectivity index (χ0) is 29.1. The zero-order valence-corrected chi connectivity index (χ0v) is 24.8. The Morgan fingerprint density at radius 1 is 1.05 bits per heavy atom. The van der Waals surface area contributed by atoms with E-state index in [1.807, 2.05) is 32.3 Å². The van der Waals surface area contributed by atoms with E-state index in [1.165, 1.54) is 4.31 Å². The largest absolute Gasteiger partial charge is 0.468 e. The van der Waals surface area contributed by atoms with Crippen molar-refractivity contribution in [2.75, 3.05) is 37.0 Å². The van der Waals surface area contributed by atoms with Gasteiger partial charge in [-0.05, 0) is 68.7 Å². The third-order valence-electron chi connectivity index (χ3n) is 7.82. The minimum absolute atomic E-state index is 0.217. The van der Waals surface area contributed by atoms with Gasteiger partial charge >= 0.3 is 0 Å². The number of carbonyl (C=O) groups excluding carboxylic acids is 1. The van der Waals surface area contributed by atoms with Crippen LogP contribution >= 0.6 is 0 Å². The minimum atomic E-state index is -3.70. The average molecular weight is 576 g/mol. The van der Waals surface area contributed by atoms with Crippen LogP contribution in [0.4, 0.5) is 11.4 Å². The highest BCUT2D eigenvalue weighted by Gasteiger charge is 2.44. The van der Waals surface area contributed by atoms with Crippen LogP contribution in [0.1, 0.15) is 54.4 Å². The number of anilines is 2. The van der Waals surface area contributed by atoms with E-state index in [0.717, 1.165) is 16.9 Å². The van der Waals surface area contributed by atoms with E-state index in [0.29, 0.717) is 55.1 Å². The molecule has 0 aliphatic carbocycles. The van der Waals surface area contributed by atoms with Gasteiger partial charge in [-0.2, -0.15) is 0 Å². The van der Waals surface area contributed by atoms with E-state index < -0.39 is 21.5 Å². The molecular formula is C31H37N5O4S. The van der Waals surface area contributed by atoms with Gasteiger partial charge in [-0.25, -0.2) is 12.7 Å². The Morgan fingerprint density at radius 3 is 2.44 bits per heavy atom. The van der Waals surface area contributed by atoms with Crippen LogP contribution in [0, 0.1) is 0 Å². The highest BCUT2D eigenvalue weighted by Crippen LogP contribution is 2.41. The normalized spacial score (nSPS) is 17.9. The maximum atomic E-state index is 14.0. The maximum Gasteiger partial charge on any atom is 0.251 e. The van der Waals surface area contributed by atoms with Crippen molar-refractivity contribution in [3.8, 4) is 0 Å². The molecule has 216 valence electrons. The summed E-state index contributed by atoms with van der Waals surface area (Å²) in [5, 5.41) is 2.37. The lowest BCUT2D eigenvalue weighted by atomic mass is 10.1. The van der Waals surface area contributed by atoms with Gasteiger partial charge in [-0.3, -0.25) is 9.78 Å². The Morgan fingerprint density at radius 2 is 1.78 bits per heavy atom. The molecule has 10 heteroatoms. The van der Waals surface area contributed by atoms with Gasteiger partial charge in [-0.15, -0.1) is 0 Å². The van der Waals surface area contributed by atoms with Crippen LogP contribution in [0.5, 0.6) is 0 Å². The van der Waals surface area contributed by atoms with Crippen LogP contribution in [-0.2, 0) is 21.3 Å². The van der Waals surface area contributed by atoms with Crippen molar-refractivity contribution in [3.63, 3.8) is 0 Å². The van der Waals surface area contributed by atoms with Gasteiger partial charge in [0, 0.05) is 68.6 Å². The second-order valence-electron chi connectivity index (χ2n) is 10.7. The summed E-state index contributed by atoms with van der Waals surface area (Å²) in [6, 6.07) is 19.0. The minimum Gasteiger partial charge on any atom is -0.468 e. The number of ether oxygens (including phenoxy) is 1. The SMILES string of the molecule is CC1=C(C)N(S(=O)(=O)C2CCN(c3cccc(N(C)C)c3)CC2)C(c2ccc(C(=O)NCc3cccnc3)cc2)O1. The summed E-state index contributed by atoms with van der Waals surface area (Å²) >= 11 is 0. The predicted octanol–water partition coefficient (Wildman–Crippen LogP) is 4.66. The van der Waals surface area contributed by atoms with Crippen LogP contribution in [-0.4, -0.2) is 56.0 Å². The topological polar surface area (TPSA) is 95.1 Å². The fourth-order valence-corrected chi connectivity index (χ4v) is 7.36. The van der Waals surface area contributed by atoms with Crippen molar-refractivity contribution in [2.45, 2.75) is 44.7 Å². The average Bonchev–Trinajstić information content (AvgIpc) is 3.31. The molecule has 0 saturated carbocycles. The van der Waals surface area contributed by atoms with Gasteiger partial charge in [0.05, 0.1) is 10.9 Å². The summed E-state index contributed by atoms with van der Waals surface area (Å²) in [4.78, 5) is 21.1. The summed E-state index contributed by atoms with van der Waals surface area (Å²) in [6.45, 7) is 5.26. The number of nitrogens with one attached hydrogen (secondary N) is 1. The summed E-state index contributed by atoms with van der Waals surface area (Å²) in [5.41, 5.74) is 4.87. The van der Waals surface area contributed by atoms with Gasteiger partial charge in [0.25, 0.3) is 5.91 Å². The molecule has 0 bridgehead atoms. The van der Waals surface area contributed by atoms with Crippen LogP contribution in [0.2, 0.25) is 0 Å². The number of amides is 1. The molecule has 1 fully saturated rings. The second-order valence-corrected chi connectivity index (χ2v) is 12.8.